The number of phenols is 4. The first-order valence-corrected chi connectivity index (χ1v) is 11.5. The Labute approximate surface area is 181 Å². The van der Waals surface area contributed by atoms with Gasteiger partial charge in [-0.3, -0.25) is 9.11 Å². The van der Waals surface area contributed by atoms with E-state index in [0.717, 1.165) is 6.07 Å². The molecule has 0 fully saturated rings. The molecule has 4 aromatic rings. The summed E-state index contributed by atoms with van der Waals surface area (Å²) in [6.45, 7) is 0. The lowest BCUT2D eigenvalue weighted by Gasteiger charge is -2.04. The zero-order chi connectivity index (χ0) is 23.8. The average molecular weight is 480 g/mol. The van der Waals surface area contributed by atoms with E-state index in [4.69, 9.17) is 9.11 Å². The van der Waals surface area contributed by atoms with Gasteiger partial charge in [-0.05, 0) is 58.6 Å². The number of rotatable bonds is 2. The Kier molecular flexibility index (Phi) is 5.89. The molecule has 0 saturated carbocycles. The summed E-state index contributed by atoms with van der Waals surface area (Å²) >= 11 is 0. The van der Waals surface area contributed by atoms with Gasteiger partial charge in [0.25, 0.3) is 20.2 Å². The van der Waals surface area contributed by atoms with E-state index in [1.165, 1.54) is 54.6 Å². The van der Waals surface area contributed by atoms with Gasteiger partial charge in [0.05, 0.1) is 9.79 Å². The van der Waals surface area contributed by atoms with Gasteiger partial charge in [0.15, 0.2) is 11.5 Å². The minimum atomic E-state index is -4.35. The third-order valence-electron chi connectivity index (χ3n) is 4.39. The van der Waals surface area contributed by atoms with Crippen LogP contribution in [-0.4, -0.2) is 46.4 Å². The smallest absolute Gasteiger partial charge is 0.294 e. The summed E-state index contributed by atoms with van der Waals surface area (Å²) in [4.78, 5) is -0.645. The van der Waals surface area contributed by atoms with Crippen molar-refractivity contribution in [2.45, 2.75) is 9.79 Å². The molecule has 0 radical (unpaired) electrons. The van der Waals surface area contributed by atoms with Crippen molar-refractivity contribution in [1.29, 1.82) is 0 Å². The first-order valence-electron chi connectivity index (χ1n) is 8.62. The molecule has 0 atom stereocenters. The highest BCUT2D eigenvalue weighted by molar-refractivity contribution is 7.86. The van der Waals surface area contributed by atoms with Gasteiger partial charge in [0, 0.05) is 11.5 Å². The predicted octanol–water partition coefficient (Wildman–Crippen LogP) is 3.00. The van der Waals surface area contributed by atoms with Crippen molar-refractivity contribution in [3.05, 3.63) is 60.7 Å². The molecule has 0 saturated heterocycles. The van der Waals surface area contributed by atoms with Crippen molar-refractivity contribution in [1.82, 2.24) is 0 Å². The standard InChI is InChI=1S/2C10H8O5S/c11-9-4-6-1-2-8(16(13,14)15)3-7(6)5-10(9)12;11-7-2-1-6-3-8(16(13,14)15)5-10(12)9(6)4-7/h2*1-5,11-12H,(H,13,14,15). The van der Waals surface area contributed by atoms with Crippen LogP contribution in [-0.2, 0) is 20.2 Å². The SMILES string of the molecule is O=S(=O)(O)c1cc(O)c2cc(O)ccc2c1.O=S(=O)(O)c1ccc2cc(O)c(O)cc2c1. The van der Waals surface area contributed by atoms with E-state index in [1.54, 1.807) is 0 Å². The van der Waals surface area contributed by atoms with Gasteiger partial charge < -0.3 is 20.4 Å². The molecule has 0 aliphatic carbocycles. The van der Waals surface area contributed by atoms with Crippen molar-refractivity contribution >= 4 is 41.8 Å². The van der Waals surface area contributed by atoms with Crippen molar-refractivity contribution in [3.63, 3.8) is 0 Å². The summed E-state index contributed by atoms with van der Waals surface area (Å²) in [6, 6.07) is 12.6. The molecule has 6 N–H and O–H groups in total. The van der Waals surface area contributed by atoms with Crippen LogP contribution in [0.15, 0.2) is 70.5 Å². The fourth-order valence-electron chi connectivity index (χ4n) is 2.86. The van der Waals surface area contributed by atoms with Crippen LogP contribution in [0.25, 0.3) is 21.5 Å². The molecular weight excluding hydrogens is 464 g/mol. The van der Waals surface area contributed by atoms with Gasteiger partial charge in [-0.25, -0.2) is 0 Å². The number of benzene rings is 4. The first kappa shape index (κ1) is 23.1. The van der Waals surface area contributed by atoms with Crippen LogP contribution in [0.2, 0.25) is 0 Å². The summed E-state index contributed by atoms with van der Waals surface area (Å²) in [5.74, 6) is -0.990. The van der Waals surface area contributed by atoms with E-state index in [-0.39, 0.29) is 32.8 Å². The van der Waals surface area contributed by atoms with E-state index < -0.39 is 20.2 Å². The normalized spacial score (nSPS) is 11.8. The molecule has 0 heterocycles. The molecule has 0 aliphatic rings. The lowest BCUT2D eigenvalue weighted by molar-refractivity contribution is 0.405. The summed E-state index contributed by atoms with van der Waals surface area (Å²) in [5, 5.41) is 38.9. The first-order chi connectivity index (χ1) is 14.8. The van der Waals surface area contributed by atoms with Crippen LogP contribution in [0, 0.1) is 0 Å². The maximum absolute atomic E-state index is 10.9. The summed E-state index contributed by atoms with van der Waals surface area (Å²) < 4.78 is 61.2. The molecule has 0 aromatic heterocycles. The van der Waals surface area contributed by atoms with Crippen LogP contribution >= 0.6 is 0 Å². The van der Waals surface area contributed by atoms with Crippen LogP contribution in [0.4, 0.5) is 0 Å². The van der Waals surface area contributed by atoms with E-state index in [0.29, 0.717) is 21.5 Å². The third kappa shape index (κ3) is 5.00. The van der Waals surface area contributed by atoms with Crippen LogP contribution in [0.3, 0.4) is 0 Å². The van der Waals surface area contributed by atoms with E-state index in [9.17, 15) is 37.3 Å². The molecule has 4 aromatic carbocycles. The molecule has 0 aliphatic heterocycles. The summed E-state index contributed by atoms with van der Waals surface area (Å²) in [6.07, 6.45) is 0. The Balaban J connectivity index is 0.000000181. The number of fused-ring (bicyclic) bond motifs is 2. The Morgan fingerprint density at radius 2 is 1.03 bits per heavy atom. The number of aromatic hydroxyl groups is 4. The van der Waals surface area contributed by atoms with Gasteiger partial charge in [-0.1, -0.05) is 12.1 Å². The van der Waals surface area contributed by atoms with Crippen LogP contribution in [0.5, 0.6) is 23.0 Å². The molecular formula is C20H16O10S2. The predicted molar refractivity (Wildman–Crippen MR) is 114 cm³/mol. The van der Waals surface area contributed by atoms with Crippen LogP contribution in [0.1, 0.15) is 0 Å². The number of hydrogen-bond acceptors (Lipinski definition) is 8. The minimum absolute atomic E-state index is 0.0394. The van der Waals surface area contributed by atoms with E-state index in [2.05, 4.69) is 0 Å². The zero-order valence-corrected chi connectivity index (χ0v) is 17.5. The monoisotopic (exact) mass is 480 g/mol. The fraction of sp³-hybridized carbons (Fsp3) is 0. The molecule has 0 bridgehead atoms. The Hall–Kier alpha value is -3.58. The second-order valence-electron chi connectivity index (χ2n) is 6.65. The molecule has 10 nitrogen and oxygen atoms in total. The topological polar surface area (TPSA) is 190 Å². The van der Waals surface area contributed by atoms with Gasteiger partial charge in [-0.15, -0.1) is 0 Å². The van der Waals surface area contributed by atoms with Gasteiger partial charge in [-0.2, -0.15) is 16.8 Å². The van der Waals surface area contributed by atoms with Crippen LogP contribution < -0.4 is 0 Å². The van der Waals surface area contributed by atoms with Crippen molar-refractivity contribution in [2.24, 2.45) is 0 Å². The van der Waals surface area contributed by atoms with Crippen molar-refractivity contribution in [3.8, 4) is 23.0 Å². The third-order valence-corrected chi connectivity index (χ3v) is 6.07. The number of phenolic OH excluding ortho intramolecular Hbond substituents is 4. The minimum Gasteiger partial charge on any atom is -0.508 e. The lowest BCUT2D eigenvalue weighted by Crippen LogP contribution is -1.97. The molecule has 0 unspecified atom stereocenters. The molecule has 168 valence electrons. The van der Waals surface area contributed by atoms with Crippen molar-refractivity contribution < 1.29 is 46.4 Å². The molecule has 4 rings (SSSR count). The van der Waals surface area contributed by atoms with Gasteiger partial charge in [0.1, 0.15) is 11.5 Å². The Morgan fingerprint density at radius 1 is 0.500 bits per heavy atom. The molecule has 0 spiro atoms. The maximum Gasteiger partial charge on any atom is 0.294 e. The fourth-order valence-corrected chi connectivity index (χ4v) is 3.91. The highest BCUT2D eigenvalue weighted by atomic mass is 32.2. The lowest BCUT2D eigenvalue weighted by atomic mass is 10.1. The number of hydrogen-bond donors (Lipinski definition) is 6. The molecule has 0 amide bonds. The Morgan fingerprint density at radius 3 is 1.62 bits per heavy atom. The Bertz CT molecular complexity index is 1560. The second kappa shape index (κ2) is 8.16. The zero-order valence-electron chi connectivity index (χ0n) is 15.9. The van der Waals surface area contributed by atoms with Crippen molar-refractivity contribution in [2.75, 3.05) is 0 Å². The summed E-state index contributed by atoms with van der Waals surface area (Å²) in [7, 11) is -8.61. The van der Waals surface area contributed by atoms with Gasteiger partial charge in [0.2, 0.25) is 0 Å². The average Bonchev–Trinajstić information content (AvgIpc) is 2.68. The molecule has 32 heavy (non-hydrogen) atoms. The largest absolute Gasteiger partial charge is 0.508 e. The molecule has 12 heteroatoms. The highest BCUT2D eigenvalue weighted by Crippen LogP contribution is 2.32. The second-order valence-corrected chi connectivity index (χ2v) is 9.49. The van der Waals surface area contributed by atoms with Gasteiger partial charge >= 0.3 is 0 Å². The van der Waals surface area contributed by atoms with E-state index >= 15 is 0 Å². The maximum atomic E-state index is 10.9. The quantitative estimate of drug-likeness (QED) is 0.184. The summed E-state index contributed by atoms with van der Waals surface area (Å²) in [5.41, 5.74) is 0. The van der Waals surface area contributed by atoms with E-state index in [1.807, 2.05) is 0 Å². The highest BCUT2D eigenvalue weighted by Gasteiger charge is 2.13.